The molecule has 2 rings (SSSR count). The van der Waals surface area contributed by atoms with Crippen molar-refractivity contribution in [3.05, 3.63) is 52.5 Å². The monoisotopic (exact) mass is 377 g/mol. The molecule has 6 nitrogen and oxygen atoms in total. The van der Waals surface area contributed by atoms with Crippen molar-refractivity contribution in [2.75, 3.05) is 19.5 Å². The van der Waals surface area contributed by atoms with Crippen molar-refractivity contribution in [1.82, 2.24) is 0 Å². The topological polar surface area (TPSA) is 73.9 Å². The van der Waals surface area contributed by atoms with Gasteiger partial charge in [0.05, 0.1) is 19.8 Å². The smallest absolute Gasteiger partial charge is 0.339 e. The molecule has 0 aliphatic rings. The molecule has 0 heterocycles. The lowest BCUT2D eigenvalue weighted by atomic mass is 10.2. The second-order valence-electron chi connectivity index (χ2n) is 5.57. The van der Waals surface area contributed by atoms with Gasteiger partial charge in [0.25, 0.3) is 5.91 Å². The fraction of sp³-hybridized carbons (Fsp3) is 0.263. The van der Waals surface area contributed by atoms with Crippen LogP contribution in [0.15, 0.2) is 36.4 Å². The average molecular weight is 378 g/mol. The number of amides is 1. The largest absolute Gasteiger partial charge is 0.493 e. The van der Waals surface area contributed by atoms with Gasteiger partial charge in [0.1, 0.15) is 0 Å². The summed E-state index contributed by atoms with van der Waals surface area (Å²) in [4.78, 5) is 24.6. The Kier molecular flexibility index (Phi) is 6.46. The van der Waals surface area contributed by atoms with E-state index in [1.165, 1.54) is 33.3 Å². The van der Waals surface area contributed by atoms with E-state index in [-0.39, 0.29) is 5.56 Å². The van der Waals surface area contributed by atoms with Gasteiger partial charge in [0.2, 0.25) is 0 Å². The van der Waals surface area contributed by atoms with E-state index in [4.69, 9.17) is 25.8 Å². The number of rotatable bonds is 6. The van der Waals surface area contributed by atoms with Crippen molar-refractivity contribution >= 4 is 29.2 Å². The number of carbonyl (C=O) groups is 2. The maximum atomic E-state index is 12.3. The minimum absolute atomic E-state index is 0.251. The number of carbonyl (C=O) groups excluding carboxylic acids is 2. The van der Waals surface area contributed by atoms with Crippen LogP contribution in [0, 0.1) is 6.92 Å². The molecule has 0 aliphatic carbocycles. The Labute approximate surface area is 157 Å². The molecule has 1 atom stereocenters. The molecular weight excluding hydrogens is 358 g/mol. The van der Waals surface area contributed by atoms with Crippen LogP contribution in [0.3, 0.4) is 0 Å². The molecule has 0 saturated carbocycles. The second kappa shape index (κ2) is 8.58. The van der Waals surface area contributed by atoms with Crippen molar-refractivity contribution in [2.24, 2.45) is 0 Å². The van der Waals surface area contributed by atoms with Gasteiger partial charge in [-0.25, -0.2) is 4.79 Å². The van der Waals surface area contributed by atoms with Crippen LogP contribution in [0.4, 0.5) is 5.69 Å². The number of esters is 1. The number of hydrogen-bond donors (Lipinski definition) is 1. The normalized spacial score (nSPS) is 11.4. The summed E-state index contributed by atoms with van der Waals surface area (Å²) in [6, 6.07) is 9.78. The van der Waals surface area contributed by atoms with Gasteiger partial charge in [0.15, 0.2) is 17.6 Å². The Hall–Kier alpha value is -2.73. The average Bonchev–Trinajstić information content (AvgIpc) is 2.63. The number of halogens is 1. The van der Waals surface area contributed by atoms with Crippen molar-refractivity contribution in [1.29, 1.82) is 0 Å². The van der Waals surface area contributed by atoms with Crippen molar-refractivity contribution < 1.29 is 23.8 Å². The van der Waals surface area contributed by atoms with E-state index in [0.717, 1.165) is 5.56 Å². The first-order chi connectivity index (χ1) is 12.3. The summed E-state index contributed by atoms with van der Waals surface area (Å²) in [5.74, 6) is -0.208. The highest BCUT2D eigenvalue weighted by molar-refractivity contribution is 6.31. The third-order valence-electron chi connectivity index (χ3n) is 3.73. The highest BCUT2D eigenvalue weighted by Gasteiger charge is 2.20. The number of ether oxygens (including phenoxy) is 3. The maximum Gasteiger partial charge on any atom is 0.339 e. The first-order valence-electron chi connectivity index (χ1n) is 7.85. The summed E-state index contributed by atoms with van der Waals surface area (Å²) >= 11 is 5.94. The summed E-state index contributed by atoms with van der Waals surface area (Å²) in [5, 5.41) is 3.20. The van der Waals surface area contributed by atoms with Crippen LogP contribution in [0.1, 0.15) is 22.8 Å². The molecule has 1 N–H and O–H groups in total. The molecule has 0 fully saturated rings. The van der Waals surface area contributed by atoms with Crippen LogP contribution < -0.4 is 14.8 Å². The van der Waals surface area contributed by atoms with E-state index in [2.05, 4.69) is 5.32 Å². The van der Waals surface area contributed by atoms with Crippen molar-refractivity contribution in [2.45, 2.75) is 20.0 Å². The zero-order valence-electron chi connectivity index (χ0n) is 15.0. The lowest BCUT2D eigenvalue weighted by Crippen LogP contribution is -2.30. The minimum Gasteiger partial charge on any atom is -0.493 e. The molecule has 0 saturated heterocycles. The Morgan fingerprint density at radius 1 is 1.04 bits per heavy atom. The quantitative estimate of drug-likeness (QED) is 0.774. The van der Waals surface area contributed by atoms with E-state index in [1.807, 2.05) is 6.92 Å². The van der Waals surface area contributed by atoms with E-state index >= 15 is 0 Å². The fourth-order valence-corrected chi connectivity index (χ4v) is 2.38. The van der Waals surface area contributed by atoms with Crippen molar-refractivity contribution in [3.8, 4) is 11.5 Å². The predicted molar refractivity (Wildman–Crippen MR) is 99.2 cm³/mol. The Bertz CT molecular complexity index is 822. The Morgan fingerprint density at radius 3 is 2.38 bits per heavy atom. The summed E-state index contributed by atoms with van der Waals surface area (Å²) in [5.41, 5.74) is 1.67. The van der Waals surface area contributed by atoms with Crippen LogP contribution in [0.2, 0.25) is 5.02 Å². The number of aryl methyl sites for hydroxylation is 1. The Morgan fingerprint density at radius 2 is 1.73 bits per heavy atom. The molecule has 0 bridgehead atoms. The van der Waals surface area contributed by atoms with E-state index in [1.54, 1.807) is 24.3 Å². The van der Waals surface area contributed by atoms with E-state index < -0.39 is 18.0 Å². The number of nitrogens with one attached hydrogen (secondary N) is 1. The molecule has 7 heteroatoms. The lowest BCUT2D eigenvalue weighted by molar-refractivity contribution is -0.123. The third-order valence-corrected chi connectivity index (χ3v) is 3.96. The Balaban J connectivity index is 2.06. The number of hydrogen-bond acceptors (Lipinski definition) is 5. The lowest BCUT2D eigenvalue weighted by Gasteiger charge is -2.15. The molecule has 0 spiro atoms. The summed E-state index contributed by atoms with van der Waals surface area (Å²) in [7, 11) is 2.97. The van der Waals surface area contributed by atoms with Gasteiger partial charge in [0, 0.05) is 10.7 Å². The molecule has 2 aromatic carbocycles. The highest BCUT2D eigenvalue weighted by Crippen LogP contribution is 2.28. The summed E-state index contributed by atoms with van der Waals surface area (Å²) < 4.78 is 15.5. The molecule has 1 amide bonds. The maximum absolute atomic E-state index is 12.3. The van der Waals surface area contributed by atoms with Crippen molar-refractivity contribution in [3.63, 3.8) is 0 Å². The van der Waals surface area contributed by atoms with Gasteiger partial charge in [-0.05, 0) is 49.7 Å². The molecule has 138 valence electrons. The first-order valence-corrected chi connectivity index (χ1v) is 8.23. The summed E-state index contributed by atoms with van der Waals surface area (Å²) in [6.07, 6.45) is -0.992. The minimum atomic E-state index is -0.992. The zero-order chi connectivity index (χ0) is 19.3. The van der Waals surface area contributed by atoms with E-state index in [9.17, 15) is 9.59 Å². The standard InChI is InChI=1S/C19H20ClNO5/c1-11-5-7-14(20)10-15(11)21-18(22)12(2)26-19(23)13-6-8-16(24-3)17(9-13)25-4/h5-10,12H,1-4H3,(H,21,22)/t12-/m0/s1. The predicted octanol–water partition coefficient (Wildman–Crippen LogP) is 3.85. The van der Waals surface area contributed by atoms with Gasteiger partial charge >= 0.3 is 5.97 Å². The van der Waals surface area contributed by atoms with Gasteiger partial charge < -0.3 is 19.5 Å². The van der Waals surface area contributed by atoms with Crippen LogP contribution in [-0.2, 0) is 9.53 Å². The van der Waals surface area contributed by atoms with Gasteiger partial charge in [-0.3, -0.25) is 4.79 Å². The van der Waals surface area contributed by atoms with Gasteiger partial charge in [-0.15, -0.1) is 0 Å². The van der Waals surface area contributed by atoms with Gasteiger partial charge in [-0.2, -0.15) is 0 Å². The molecule has 26 heavy (non-hydrogen) atoms. The molecule has 0 radical (unpaired) electrons. The molecular formula is C19H20ClNO5. The molecule has 2 aromatic rings. The highest BCUT2D eigenvalue weighted by atomic mass is 35.5. The first kappa shape index (κ1) is 19.6. The molecule has 0 aliphatic heterocycles. The fourth-order valence-electron chi connectivity index (χ4n) is 2.21. The molecule has 0 aromatic heterocycles. The number of anilines is 1. The second-order valence-corrected chi connectivity index (χ2v) is 6.00. The van der Waals surface area contributed by atoms with Gasteiger partial charge in [-0.1, -0.05) is 17.7 Å². The third kappa shape index (κ3) is 4.67. The van der Waals surface area contributed by atoms with E-state index in [0.29, 0.717) is 22.2 Å². The summed E-state index contributed by atoms with van der Waals surface area (Å²) in [6.45, 7) is 3.33. The van der Waals surface area contributed by atoms with Crippen LogP contribution in [-0.4, -0.2) is 32.2 Å². The van der Waals surface area contributed by atoms with Crippen LogP contribution in [0.5, 0.6) is 11.5 Å². The number of benzene rings is 2. The van der Waals surface area contributed by atoms with Crippen LogP contribution >= 0.6 is 11.6 Å². The zero-order valence-corrected chi connectivity index (χ0v) is 15.7. The van der Waals surface area contributed by atoms with Crippen LogP contribution in [0.25, 0.3) is 0 Å². The number of methoxy groups -OCH3 is 2. The molecule has 0 unspecified atom stereocenters. The SMILES string of the molecule is COc1ccc(C(=O)O[C@@H](C)C(=O)Nc2cc(Cl)ccc2C)cc1OC.